The molecule has 2 bridgehead atoms. The zero-order valence-corrected chi connectivity index (χ0v) is 13.6. The fourth-order valence-electron chi connectivity index (χ4n) is 4.53. The third kappa shape index (κ3) is 2.22. The van der Waals surface area contributed by atoms with Crippen molar-refractivity contribution in [3.8, 4) is 0 Å². The highest BCUT2D eigenvalue weighted by Gasteiger charge is 2.49. The van der Waals surface area contributed by atoms with Gasteiger partial charge in [0.15, 0.2) is 11.5 Å². The Labute approximate surface area is 143 Å². The lowest BCUT2D eigenvalue weighted by Gasteiger charge is -2.44. The van der Waals surface area contributed by atoms with Gasteiger partial charge in [-0.2, -0.15) is 0 Å². The van der Waals surface area contributed by atoms with E-state index in [0.717, 1.165) is 24.2 Å². The van der Waals surface area contributed by atoms with E-state index in [1.807, 2.05) is 6.07 Å². The smallest absolute Gasteiger partial charge is 0.182 e. The van der Waals surface area contributed by atoms with Gasteiger partial charge >= 0.3 is 0 Å². The lowest BCUT2D eigenvalue weighted by atomic mass is 9.80. The SMILES string of the molecule is OC1(c2cccc(F)c2)C[C@@H]2CC[C@@H](C1)N2c1ncnc2nc[nH]c12. The molecular formula is C18H18FN5O. The second-order valence-electron chi connectivity index (χ2n) is 7.04. The lowest BCUT2D eigenvalue weighted by molar-refractivity contribution is -0.00339. The molecule has 6 nitrogen and oxygen atoms in total. The van der Waals surface area contributed by atoms with Crippen LogP contribution in [0.15, 0.2) is 36.9 Å². The number of imidazole rings is 1. The number of fused-ring (bicyclic) bond motifs is 3. The number of hydrogen-bond acceptors (Lipinski definition) is 5. The summed E-state index contributed by atoms with van der Waals surface area (Å²) in [5, 5.41) is 11.2. The van der Waals surface area contributed by atoms with Crippen molar-refractivity contribution in [1.82, 2.24) is 19.9 Å². The fourth-order valence-corrected chi connectivity index (χ4v) is 4.53. The molecule has 2 aromatic heterocycles. The largest absolute Gasteiger partial charge is 0.385 e. The van der Waals surface area contributed by atoms with Gasteiger partial charge in [-0.15, -0.1) is 0 Å². The van der Waals surface area contributed by atoms with Gasteiger partial charge in [-0.1, -0.05) is 12.1 Å². The summed E-state index contributed by atoms with van der Waals surface area (Å²) in [5.41, 5.74) is 1.15. The monoisotopic (exact) mass is 339 g/mol. The van der Waals surface area contributed by atoms with Crippen LogP contribution in [0.4, 0.5) is 10.2 Å². The number of rotatable bonds is 2. The molecule has 1 aromatic carbocycles. The van der Waals surface area contributed by atoms with E-state index in [1.165, 1.54) is 18.5 Å². The van der Waals surface area contributed by atoms with Crippen LogP contribution in [-0.4, -0.2) is 37.1 Å². The van der Waals surface area contributed by atoms with Crippen molar-refractivity contribution in [2.24, 2.45) is 0 Å². The number of aliphatic hydroxyl groups is 1. The number of halogens is 1. The molecule has 0 spiro atoms. The number of aromatic nitrogens is 4. The van der Waals surface area contributed by atoms with Gasteiger partial charge in [0.2, 0.25) is 0 Å². The zero-order chi connectivity index (χ0) is 17.0. The first-order chi connectivity index (χ1) is 12.1. The molecule has 2 N–H and O–H groups in total. The van der Waals surface area contributed by atoms with Crippen LogP contribution in [0.2, 0.25) is 0 Å². The molecule has 25 heavy (non-hydrogen) atoms. The van der Waals surface area contributed by atoms with Gasteiger partial charge in [-0.05, 0) is 30.5 Å². The summed E-state index contributed by atoms with van der Waals surface area (Å²) in [6.45, 7) is 0. The Hall–Kier alpha value is -2.54. The maximum atomic E-state index is 13.6. The molecule has 2 aliphatic rings. The number of nitrogens with one attached hydrogen (secondary N) is 1. The van der Waals surface area contributed by atoms with E-state index in [-0.39, 0.29) is 17.9 Å². The molecule has 128 valence electrons. The van der Waals surface area contributed by atoms with Gasteiger partial charge in [0, 0.05) is 24.9 Å². The first kappa shape index (κ1) is 14.8. The average molecular weight is 339 g/mol. The van der Waals surface area contributed by atoms with Crippen molar-refractivity contribution in [3.63, 3.8) is 0 Å². The third-order valence-electron chi connectivity index (χ3n) is 5.58. The highest BCUT2D eigenvalue weighted by molar-refractivity contribution is 5.83. The molecule has 2 saturated heterocycles. The average Bonchev–Trinajstić information content (AvgIpc) is 3.18. The topological polar surface area (TPSA) is 77.9 Å². The normalized spacial score (nSPS) is 28.6. The summed E-state index contributed by atoms with van der Waals surface area (Å²) in [7, 11) is 0. The first-order valence-electron chi connectivity index (χ1n) is 8.55. The van der Waals surface area contributed by atoms with Crippen molar-refractivity contribution in [2.75, 3.05) is 4.90 Å². The highest BCUT2D eigenvalue weighted by Crippen LogP contribution is 2.47. The molecular weight excluding hydrogens is 321 g/mol. The van der Waals surface area contributed by atoms with Crippen LogP contribution in [0.5, 0.6) is 0 Å². The molecule has 2 aliphatic heterocycles. The molecule has 7 heteroatoms. The molecule has 4 heterocycles. The van der Waals surface area contributed by atoms with E-state index >= 15 is 0 Å². The maximum Gasteiger partial charge on any atom is 0.182 e. The minimum absolute atomic E-state index is 0.161. The number of aromatic amines is 1. The van der Waals surface area contributed by atoms with Crippen molar-refractivity contribution in [2.45, 2.75) is 43.4 Å². The van der Waals surface area contributed by atoms with Gasteiger partial charge in [0.1, 0.15) is 17.7 Å². The second-order valence-corrected chi connectivity index (χ2v) is 7.04. The van der Waals surface area contributed by atoms with Crippen LogP contribution >= 0.6 is 0 Å². The Kier molecular flexibility index (Phi) is 3.09. The van der Waals surface area contributed by atoms with Crippen molar-refractivity contribution in [1.29, 1.82) is 0 Å². The van der Waals surface area contributed by atoms with Gasteiger partial charge in [0.05, 0.1) is 11.9 Å². The quantitative estimate of drug-likeness (QED) is 0.750. The molecule has 5 rings (SSSR count). The summed E-state index contributed by atoms with van der Waals surface area (Å²) in [6.07, 6.45) is 6.26. The predicted molar refractivity (Wildman–Crippen MR) is 90.5 cm³/mol. The van der Waals surface area contributed by atoms with Crippen LogP contribution in [-0.2, 0) is 5.60 Å². The molecule has 2 atom stereocenters. The Bertz CT molecular complexity index is 928. The third-order valence-corrected chi connectivity index (χ3v) is 5.58. The summed E-state index contributed by atoms with van der Waals surface area (Å²) in [5.74, 6) is 0.534. The van der Waals surface area contributed by atoms with Gasteiger partial charge < -0.3 is 15.0 Å². The zero-order valence-electron chi connectivity index (χ0n) is 13.6. The molecule has 0 saturated carbocycles. The Morgan fingerprint density at radius 2 is 1.96 bits per heavy atom. The molecule has 0 unspecified atom stereocenters. The van der Waals surface area contributed by atoms with E-state index in [0.29, 0.717) is 24.1 Å². The second kappa shape index (κ2) is 5.23. The summed E-state index contributed by atoms with van der Waals surface area (Å²) in [6, 6.07) is 6.66. The first-order valence-corrected chi connectivity index (χ1v) is 8.55. The minimum atomic E-state index is -0.995. The number of hydrogen-bond donors (Lipinski definition) is 2. The van der Waals surface area contributed by atoms with E-state index in [9.17, 15) is 9.50 Å². The Morgan fingerprint density at radius 3 is 2.72 bits per heavy atom. The molecule has 0 aliphatic carbocycles. The number of anilines is 1. The van der Waals surface area contributed by atoms with Gasteiger partial charge in [-0.25, -0.2) is 19.3 Å². The van der Waals surface area contributed by atoms with Gasteiger partial charge in [0.25, 0.3) is 0 Å². The highest BCUT2D eigenvalue weighted by atomic mass is 19.1. The Morgan fingerprint density at radius 1 is 1.16 bits per heavy atom. The lowest BCUT2D eigenvalue weighted by Crippen LogP contribution is -2.50. The molecule has 3 aromatic rings. The van der Waals surface area contributed by atoms with E-state index in [2.05, 4.69) is 24.8 Å². The van der Waals surface area contributed by atoms with Crippen LogP contribution in [0, 0.1) is 5.82 Å². The molecule has 0 radical (unpaired) electrons. The van der Waals surface area contributed by atoms with Crippen molar-refractivity contribution >= 4 is 17.0 Å². The predicted octanol–water partition coefficient (Wildman–Crippen LogP) is 2.51. The number of nitrogens with zero attached hydrogens (tertiary/aromatic N) is 4. The van der Waals surface area contributed by atoms with Crippen LogP contribution in [0.1, 0.15) is 31.2 Å². The van der Waals surface area contributed by atoms with Crippen molar-refractivity contribution < 1.29 is 9.50 Å². The Balaban J connectivity index is 1.53. The van der Waals surface area contributed by atoms with Crippen molar-refractivity contribution in [3.05, 3.63) is 48.3 Å². The molecule has 2 fully saturated rings. The van der Waals surface area contributed by atoms with E-state index in [1.54, 1.807) is 12.4 Å². The van der Waals surface area contributed by atoms with Crippen LogP contribution < -0.4 is 4.90 Å². The summed E-state index contributed by atoms with van der Waals surface area (Å²) < 4.78 is 13.6. The van der Waals surface area contributed by atoms with Crippen LogP contribution in [0.25, 0.3) is 11.2 Å². The standard InChI is InChI=1S/C18H18FN5O/c19-12-3-1-2-11(6-12)18(25)7-13-4-5-14(8-18)24(13)17-15-16(21-9-20-15)22-10-23-17/h1-3,6,9-10,13-14,25H,4-5,7-8H2,(H,20,21,22,23)/t13-,14-/m0/s1. The van der Waals surface area contributed by atoms with E-state index < -0.39 is 5.60 Å². The summed E-state index contributed by atoms with van der Waals surface area (Å²) >= 11 is 0. The van der Waals surface area contributed by atoms with Crippen LogP contribution in [0.3, 0.4) is 0 Å². The van der Waals surface area contributed by atoms with E-state index in [4.69, 9.17) is 0 Å². The number of piperidine rings is 1. The summed E-state index contributed by atoms with van der Waals surface area (Å²) in [4.78, 5) is 18.3. The number of H-pyrrole nitrogens is 1. The minimum Gasteiger partial charge on any atom is -0.385 e. The maximum absolute atomic E-state index is 13.6. The fraction of sp³-hybridized carbons (Fsp3) is 0.389. The molecule has 0 amide bonds. The number of benzene rings is 1. The van der Waals surface area contributed by atoms with Gasteiger partial charge in [-0.3, -0.25) is 0 Å².